The first-order chi connectivity index (χ1) is 10.2. The van der Waals surface area contributed by atoms with E-state index in [1.54, 1.807) is 18.5 Å². The Morgan fingerprint density at radius 2 is 1.95 bits per heavy atom. The zero-order valence-electron chi connectivity index (χ0n) is 11.7. The Kier molecular flexibility index (Phi) is 5.22. The molecule has 0 spiro atoms. The third-order valence-electron chi connectivity index (χ3n) is 2.50. The average molecular weight is 305 g/mol. The van der Waals surface area contributed by atoms with Gasteiger partial charge in [-0.2, -0.15) is 9.97 Å². The highest BCUT2D eigenvalue weighted by Crippen LogP contribution is 2.17. The second-order valence-corrected chi connectivity index (χ2v) is 4.35. The topological polar surface area (TPSA) is 81.2 Å². The summed E-state index contributed by atoms with van der Waals surface area (Å²) in [5.74, 6) is 1.08. The number of rotatable bonds is 5. The Labute approximate surface area is 127 Å². The molecule has 110 valence electrons. The summed E-state index contributed by atoms with van der Waals surface area (Å²) >= 11 is 5.19. The number of anilines is 1. The summed E-state index contributed by atoms with van der Waals surface area (Å²) in [4.78, 5) is 12.3. The van der Waals surface area contributed by atoms with Gasteiger partial charge in [0.2, 0.25) is 17.7 Å². The van der Waals surface area contributed by atoms with Crippen LogP contribution in [-0.4, -0.2) is 34.3 Å². The molecular weight excluding hydrogens is 290 g/mol. The largest absolute Gasteiger partial charge is 0.481 e. The Balaban J connectivity index is 1.96. The van der Waals surface area contributed by atoms with E-state index >= 15 is 0 Å². The molecule has 0 unspecified atom stereocenters. The number of methoxy groups -OCH3 is 2. The molecule has 2 heterocycles. The second kappa shape index (κ2) is 7.34. The van der Waals surface area contributed by atoms with Gasteiger partial charge in [0.15, 0.2) is 5.11 Å². The SMILES string of the molecule is COc1cc(OC)nc(NC(=S)NCc2cccnc2)n1. The van der Waals surface area contributed by atoms with E-state index in [0.717, 1.165) is 5.56 Å². The summed E-state index contributed by atoms with van der Waals surface area (Å²) < 4.78 is 10.1. The fourth-order valence-corrected chi connectivity index (χ4v) is 1.66. The number of thiocarbonyl (C=S) groups is 1. The normalized spacial score (nSPS) is 9.81. The van der Waals surface area contributed by atoms with Crippen LogP contribution in [0.2, 0.25) is 0 Å². The van der Waals surface area contributed by atoms with Crippen LogP contribution in [-0.2, 0) is 6.54 Å². The van der Waals surface area contributed by atoms with E-state index in [9.17, 15) is 0 Å². The van der Waals surface area contributed by atoms with Crippen LogP contribution >= 0.6 is 12.2 Å². The van der Waals surface area contributed by atoms with Crippen LogP contribution in [0.25, 0.3) is 0 Å². The fourth-order valence-electron chi connectivity index (χ4n) is 1.50. The van der Waals surface area contributed by atoms with Crippen molar-refractivity contribution in [2.24, 2.45) is 0 Å². The highest BCUT2D eigenvalue weighted by molar-refractivity contribution is 7.80. The molecule has 0 aliphatic heterocycles. The molecule has 0 bridgehead atoms. The van der Waals surface area contributed by atoms with Crippen LogP contribution in [0.5, 0.6) is 11.8 Å². The van der Waals surface area contributed by atoms with Crippen LogP contribution in [0.1, 0.15) is 5.56 Å². The molecule has 0 saturated carbocycles. The van der Waals surface area contributed by atoms with Crippen molar-refractivity contribution in [1.29, 1.82) is 0 Å². The van der Waals surface area contributed by atoms with Crippen molar-refractivity contribution < 1.29 is 9.47 Å². The van der Waals surface area contributed by atoms with Crippen molar-refractivity contribution in [2.45, 2.75) is 6.54 Å². The van der Waals surface area contributed by atoms with Gasteiger partial charge in [0.05, 0.1) is 20.3 Å². The number of nitrogens with one attached hydrogen (secondary N) is 2. The molecule has 2 N–H and O–H groups in total. The lowest BCUT2D eigenvalue weighted by molar-refractivity contribution is 0.373. The number of aromatic nitrogens is 3. The first-order valence-corrected chi connectivity index (χ1v) is 6.53. The lowest BCUT2D eigenvalue weighted by Gasteiger charge is -2.10. The van der Waals surface area contributed by atoms with Crippen molar-refractivity contribution in [3.63, 3.8) is 0 Å². The molecule has 21 heavy (non-hydrogen) atoms. The quantitative estimate of drug-likeness (QED) is 0.802. The van der Waals surface area contributed by atoms with Gasteiger partial charge in [0.1, 0.15) is 0 Å². The van der Waals surface area contributed by atoms with E-state index in [1.807, 2.05) is 12.1 Å². The smallest absolute Gasteiger partial charge is 0.235 e. The molecule has 0 atom stereocenters. The third kappa shape index (κ3) is 4.53. The minimum atomic E-state index is 0.301. The highest BCUT2D eigenvalue weighted by Gasteiger charge is 2.06. The fraction of sp³-hybridized carbons (Fsp3) is 0.231. The molecule has 0 aliphatic carbocycles. The Bertz CT molecular complexity index is 587. The summed E-state index contributed by atoms with van der Waals surface area (Å²) in [6.45, 7) is 0.556. The molecule has 0 amide bonds. The van der Waals surface area contributed by atoms with Gasteiger partial charge in [0.25, 0.3) is 0 Å². The number of nitrogens with zero attached hydrogens (tertiary/aromatic N) is 3. The van der Waals surface area contributed by atoms with Crippen molar-refractivity contribution in [3.8, 4) is 11.8 Å². The van der Waals surface area contributed by atoms with Crippen molar-refractivity contribution in [2.75, 3.05) is 19.5 Å². The monoisotopic (exact) mass is 305 g/mol. The maximum atomic E-state index is 5.19. The van der Waals surface area contributed by atoms with Crippen LogP contribution in [0.4, 0.5) is 5.95 Å². The minimum absolute atomic E-state index is 0.301. The zero-order valence-corrected chi connectivity index (χ0v) is 12.5. The lowest BCUT2D eigenvalue weighted by atomic mass is 10.3. The lowest BCUT2D eigenvalue weighted by Crippen LogP contribution is -2.28. The van der Waals surface area contributed by atoms with Crippen LogP contribution in [0.3, 0.4) is 0 Å². The minimum Gasteiger partial charge on any atom is -0.481 e. The molecule has 0 saturated heterocycles. The number of hydrogen-bond acceptors (Lipinski definition) is 6. The van der Waals surface area contributed by atoms with Gasteiger partial charge in [-0.15, -0.1) is 0 Å². The van der Waals surface area contributed by atoms with E-state index in [1.165, 1.54) is 14.2 Å². The molecule has 0 fully saturated rings. The molecule has 7 nitrogen and oxygen atoms in total. The van der Waals surface area contributed by atoms with Gasteiger partial charge in [-0.3, -0.25) is 4.98 Å². The average Bonchev–Trinajstić information content (AvgIpc) is 2.53. The predicted octanol–water partition coefficient (Wildman–Crippen LogP) is 1.38. The van der Waals surface area contributed by atoms with E-state index in [0.29, 0.717) is 29.4 Å². The number of hydrogen-bond donors (Lipinski definition) is 2. The van der Waals surface area contributed by atoms with Gasteiger partial charge in [0, 0.05) is 18.9 Å². The van der Waals surface area contributed by atoms with Gasteiger partial charge >= 0.3 is 0 Å². The van der Waals surface area contributed by atoms with E-state index in [-0.39, 0.29) is 0 Å². The molecule has 2 rings (SSSR count). The predicted molar refractivity (Wildman–Crippen MR) is 82.4 cm³/mol. The third-order valence-corrected chi connectivity index (χ3v) is 2.75. The first-order valence-electron chi connectivity index (χ1n) is 6.12. The van der Waals surface area contributed by atoms with Crippen LogP contribution in [0, 0.1) is 0 Å². The maximum Gasteiger partial charge on any atom is 0.235 e. The molecular formula is C13H15N5O2S. The number of ether oxygens (including phenoxy) is 2. The highest BCUT2D eigenvalue weighted by atomic mass is 32.1. The maximum absolute atomic E-state index is 5.19. The summed E-state index contributed by atoms with van der Waals surface area (Å²) in [5, 5.41) is 6.32. The Hall–Kier alpha value is -2.48. The first kappa shape index (κ1) is 14.9. The van der Waals surface area contributed by atoms with Gasteiger partial charge in [-0.1, -0.05) is 6.07 Å². The Morgan fingerprint density at radius 1 is 1.24 bits per heavy atom. The van der Waals surface area contributed by atoms with E-state index < -0.39 is 0 Å². The summed E-state index contributed by atoms with van der Waals surface area (Å²) in [6.07, 6.45) is 3.48. The van der Waals surface area contributed by atoms with Crippen LogP contribution < -0.4 is 20.1 Å². The zero-order chi connectivity index (χ0) is 15.1. The van der Waals surface area contributed by atoms with Crippen molar-refractivity contribution >= 4 is 23.3 Å². The summed E-state index contributed by atoms with van der Waals surface area (Å²) in [5.41, 5.74) is 1.02. The summed E-state index contributed by atoms with van der Waals surface area (Å²) in [7, 11) is 3.04. The van der Waals surface area contributed by atoms with E-state index in [2.05, 4.69) is 25.6 Å². The molecule has 0 aliphatic rings. The molecule has 2 aromatic rings. The second-order valence-electron chi connectivity index (χ2n) is 3.95. The molecule has 0 radical (unpaired) electrons. The van der Waals surface area contributed by atoms with E-state index in [4.69, 9.17) is 21.7 Å². The van der Waals surface area contributed by atoms with Gasteiger partial charge in [-0.25, -0.2) is 0 Å². The number of pyridine rings is 1. The van der Waals surface area contributed by atoms with Crippen LogP contribution in [0.15, 0.2) is 30.6 Å². The standard InChI is InChI=1S/C13H15N5O2S/c1-19-10-6-11(20-2)17-12(16-10)18-13(21)15-8-9-4-3-5-14-7-9/h3-7H,8H2,1-2H3,(H2,15,16,17,18,21). The summed E-state index contributed by atoms with van der Waals surface area (Å²) in [6, 6.07) is 5.40. The molecule has 2 aromatic heterocycles. The van der Waals surface area contributed by atoms with Crippen molar-refractivity contribution in [3.05, 3.63) is 36.2 Å². The van der Waals surface area contributed by atoms with Gasteiger partial charge in [-0.05, 0) is 23.8 Å². The molecule has 8 heteroatoms. The Morgan fingerprint density at radius 3 is 2.52 bits per heavy atom. The van der Waals surface area contributed by atoms with Gasteiger partial charge < -0.3 is 20.1 Å². The van der Waals surface area contributed by atoms with Crippen molar-refractivity contribution in [1.82, 2.24) is 20.3 Å². The molecule has 0 aromatic carbocycles.